The molecule has 0 radical (unpaired) electrons. The van der Waals surface area contributed by atoms with Crippen molar-refractivity contribution in [3.63, 3.8) is 0 Å². The molecular weight excluding hydrogens is 780 g/mol. The van der Waals surface area contributed by atoms with Crippen molar-refractivity contribution in [3.05, 3.63) is 68.2 Å². The SMILES string of the molecule is CCCCCCCCCCCCCC(=O)Nc1ccc(Cl)c(N=C2NN(c3c(Cl)cc(Cl)cc3Cl)C(=O)C2N(C(C)=O)c2ccc(N(CC)CC)nc2C)c1. The molecule has 1 unspecified atom stereocenters. The maximum atomic E-state index is 14.5. The smallest absolute Gasteiger partial charge is 0.276 e. The van der Waals surface area contributed by atoms with Gasteiger partial charge in [-0.15, -0.1) is 0 Å². The number of amides is 3. The number of rotatable bonds is 20. The van der Waals surface area contributed by atoms with E-state index >= 15 is 0 Å². The van der Waals surface area contributed by atoms with Crippen LogP contribution in [0, 0.1) is 6.92 Å². The molecule has 0 aliphatic carbocycles. The van der Waals surface area contributed by atoms with E-state index in [-0.39, 0.29) is 43.2 Å². The maximum Gasteiger partial charge on any atom is 0.276 e. The molecule has 2 aromatic carbocycles. The molecule has 1 aromatic heterocycles. The zero-order valence-electron chi connectivity index (χ0n) is 32.5. The number of halogens is 4. The van der Waals surface area contributed by atoms with Crippen LogP contribution in [0.5, 0.6) is 0 Å². The lowest BCUT2D eigenvalue weighted by Crippen LogP contribution is -2.48. The number of aliphatic imine (C=N–C) groups is 1. The van der Waals surface area contributed by atoms with E-state index in [1.165, 1.54) is 75.3 Å². The van der Waals surface area contributed by atoms with Gasteiger partial charge >= 0.3 is 0 Å². The van der Waals surface area contributed by atoms with E-state index in [0.717, 1.165) is 43.2 Å². The van der Waals surface area contributed by atoms with Crippen molar-refractivity contribution in [2.24, 2.45) is 4.99 Å². The lowest BCUT2D eigenvalue weighted by Gasteiger charge is -2.28. The number of pyridine rings is 1. The summed E-state index contributed by atoms with van der Waals surface area (Å²) in [6.45, 7) is 11.0. The summed E-state index contributed by atoms with van der Waals surface area (Å²) in [5, 5.41) is 4.87. The van der Waals surface area contributed by atoms with Crippen LogP contribution in [-0.4, -0.2) is 47.7 Å². The van der Waals surface area contributed by atoms with Gasteiger partial charge in [0, 0.05) is 37.1 Å². The van der Waals surface area contributed by atoms with Crippen LogP contribution in [-0.2, 0) is 14.4 Å². The highest BCUT2D eigenvalue weighted by molar-refractivity contribution is 6.43. The number of nitrogens with one attached hydrogen (secondary N) is 2. The largest absolute Gasteiger partial charge is 0.357 e. The van der Waals surface area contributed by atoms with Gasteiger partial charge in [0.25, 0.3) is 5.91 Å². The summed E-state index contributed by atoms with van der Waals surface area (Å²) in [7, 11) is 0. The summed E-state index contributed by atoms with van der Waals surface area (Å²) in [5.41, 5.74) is 4.88. The third-order valence-electron chi connectivity index (χ3n) is 9.61. The van der Waals surface area contributed by atoms with Gasteiger partial charge in [-0.1, -0.05) is 118 Å². The van der Waals surface area contributed by atoms with Gasteiger partial charge in [0.15, 0.2) is 11.9 Å². The fourth-order valence-electron chi connectivity index (χ4n) is 6.69. The first-order chi connectivity index (χ1) is 26.4. The fraction of sp³-hybridized carbons (Fsp3) is 0.488. The molecule has 0 bridgehead atoms. The number of hydrogen-bond donors (Lipinski definition) is 2. The number of carbonyl (C=O) groups is 3. The lowest BCUT2D eigenvalue weighted by atomic mass is 10.1. The molecule has 14 heteroatoms. The average Bonchev–Trinajstić information content (AvgIpc) is 3.43. The molecule has 298 valence electrons. The van der Waals surface area contributed by atoms with Crippen molar-refractivity contribution in [2.45, 2.75) is 118 Å². The molecule has 0 saturated carbocycles. The van der Waals surface area contributed by atoms with Crippen LogP contribution in [0.1, 0.15) is 110 Å². The minimum atomic E-state index is -1.30. The van der Waals surface area contributed by atoms with Crippen molar-refractivity contribution in [1.82, 2.24) is 10.4 Å². The Morgan fingerprint density at radius 2 is 1.44 bits per heavy atom. The van der Waals surface area contributed by atoms with Gasteiger partial charge in [0.2, 0.25) is 11.8 Å². The van der Waals surface area contributed by atoms with Crippen LogP contribution in [0.15, 0.2) is 47.5 Å². The number of nitrogens with zero attached hydrogens (tertiary/aromatic N) is 5. The van der Waals surface area contributed by atoms with Crippen molar-refractivity contribution < 1.29 is 14.4 Å². The summed E-state index contributed by atoms with van der Waals surface area (Å²) in [6.07, 6.45) is 13.6. The third kappa shape index (κ3) is 12.0. The molecule has 2 heterocycles. The molecule has 1 fully saturated rings. The van der Waals surface area contributed by atoms with Crippen LogP contribution >= 0.6 is 46.4 Å². The standard InChI is InChI=1S/C41H53Cl4N7O3/c1-6-9-10-11-12-13-14-15-16-17-18-19-37(54)47-30-20-21-31(43)34(26-30)48-40-39(41(55)52(49-40)38-32(44)24-29(42)25-33(38)45)51(28(5)53)35-22-23-36(46-27(35)4)50(7-2)8-3/h20-26,39H,6-19H2,1-5H3,(H,47,54)(H,48,49). The minimum Gasteiger partial charge on any atom is -0.357 e. The fourth-order valence-corrected chi connectivity index (χ4v) is 7.84. The second-order valence-electron chi connectivity index (χ2n) is 13.7. The summed E-state index contributed by atoms with van der Waals surface area (Å²) in [5.74, 6) is -0.310. The van der Waals surface area contributed by atoms with Crippen LogP contribution in [0.4, 0.5) is 28.6 Å². The first-order valence-corrected chi connectivity index (χ1v) is 20.9. The molecule has 1 saturated heterocycles. The second kappa shape index (κ2) is 21.7. The molecule has 1 aliphatic rings. The Hall–Kier alpha value is -3.57. The number of hydrazine groups is 1. The molecule has 2 N–H and O–H groups in total. The zero-order chi connectivity index (χ0) is 40.1. The number of benzene rings is 2. The number of aryl methyl sites for hydroxylation is 1. The van der Waals surface area contributed by atoms with E-state index < -0.39 is 17.9 Å². The number of anilines is 4. The molecule has 1 atom stereocenters. The van der Waals surface area contributed by atoms with Crippen LogP contribution in [0.25, 0.3) is 0 Å². The Kier molecular flexibility index (Phi) is 17.4. The van der Waals surface area contributed by atoms with Crippen molar-refractivity contribution in [2.75, 3.05) is 33.2 Å². The Morgan fingerprint density at radius 3 is 2.00 bits per heavy atom. The molecular formula is C41H53Cl4N7O3. The van der Waals surface area contributed by atoms with E-state index in [9.17, 15) is 14.4 Å². The molecule has 55 heavy (non-hydrogen) atoms. The molecule has 0 spiro atoms. The van der Waals surface area contributed by atoms with Crippen LogP contribution < -0.4 is 25.6 Å². The maximum absolute atomic E-state index is 14.5. The summed E-state index contributed by atoms with van der Waals surface area (Å²) in [4.78, 5) is 53.9. The number of unbranched alkanes of at least 4 members (excludes halogenated alkanes) is 10. The van der Waals surface area contributed by atoms with Crippen molar-refractivity contribution in [1.29, 1.82) is 0 Å². The summed E-state index contributed by atoms with van der Waals surface area (Å²) >= 11 is 26.0. The van der Waals surface area contributed by atoms with Gasteiger partial charge < -0.3 is 10.2 Å². The van der Waals surface area contributed by atoms with Crippen molar-refractivity contribution in [3.8, 4) is 0 Å². The normalized spacial score (nSPS) is 14.7. The molecule has 3 amide bonds. The van der Waals surface area contributed by atoms with Gasteiger partial charge in [-0.3, -0.25) is 24.7 Å². The average molecular weight is 834 g/mol. The first-order valence-electron chi connectivity index (χ1n) is 19.4. The highest BCUT2D eigenvalue weighted by atomic mass is 35.5. The second-order valence-corrected chi connectivity index (χ2v) is 15.4. The van der Waals surface area contributed by atoms with Crippen molar-refractivity contribution >= 4 is 98.5 Å². The molecule has 4 rings (SSSR count). The predicted molar refractivity (Wildman–Crippen MR) is 230 cm³/mol. The van der Waals surface area contributed by atoms with E-state index in [2.05, 4.69) is 22.6 Å². The van der Waals surface area contributed by atoms with Crippen LogP contribution in [0.2, 0.25) is 20.1 Å². The Balaban J connectivity index is 1.58. The molecule has 3 aromatic rings. The minimum absolute atomic E-state index is 0.0702. The van der Waals surface area contributed by atoms with E-state index in [4.69, 9.17) is 56.4 Å². The first kappa shape index (κ1) is 44.1. The highest BCUT2D eigenvalue weighted by Gasteiger charge is 2.46. The lowest BCUT2D eigenvalue weighted by molar-refractivity contribution is -0.122. The molecule has 10 nitrogen and oxygen atoms in total. The summed E-state index contributed by atoms with van der Waals surface area (Å²) < 4.78 is 0. The highest BCUT2D eigenvalue weighted by Crippen LogP contribution is 2.39. The monoisotopic (exact) mass is 831 g/mol. The Labute approximate surface area is 345 Å². The van der Waals surface area contributed by atoms with Gasteiger partial charge in [-0.25, -0.2) is 15.0 Å². The zero-order valence-corrected chi connectivity index (χ0v) is 35.5. The summed E-state index contributed by atoms with van der Waals surface area (Å²) in [6, 6.07) is 10.2. The number of carbonyl (C=O) groups excluding carboxylic acids is 3. The van der Waals surface area contributed by atoms with Gasteiger partial charge in [0.05, 0.1) is 32.1 Å². The van der Waals surface area contributed by atoms with E-state index in [1.54, 1.807) is 31.2 Å². The Morgan fingerprint density at radius 1 is 0.836 bits per heavy atom. The topological polar surface area (TPSA) is 110 Å². The van der Waals surface area contributed by atoms with E-state index in [1.807, 2.05) is 19.9 Å². The predicted octanol–water partition coefficient (Wildman–Crippen LogP) is 11.5. The Bertz CT molecular complexity index is 1810. The van der Waals surface area contributed by atoms with E-state index in [0.29, 0.717) is 23.5 Å². The van der Waals surface area contributed by atoms with Gasteiger partial charge in [-0.05, 0) is 69.7 Å². The third-order valence-corrected chi connectivity index (χ3v) is 10.7. The molecule has 1 aliphatic heterocycles. The number of aromatic nitrogens is 1. The van der Waals surface area contributed by atoms with Crippen LogP contribution in [0.3, 0.4) is 0 Å². The number of hydrogen-bond acceptors (Lipinski definition) is 6. The van der Waals surface area contributed by atoms with Gasteiger partial charge in [0.1, 0.15) is 11.5 Å². The number of amidine groups is 1. The quantitative estimate of drug-likeness (QED) is 0.110. The van der Waals surface area contributed by atoms with Gasteiger partial charge in [-0.2, -0.15) is 0 Å².